The molecule has 0 fully saturated rings. The third kappa shape index (κ3) is 9.41. The van der Waals surface area contributed by atoms with Crippen molar-refractivity contribution in [1.29, 1.82) is 0 Å². The van der Waals surface area contributed by atoms with Crippen molar-refractivity contribution in [2.75, 3.05) is 12.3 Å². The van der Waals surface area contributed by atoms with Gasteiger partial charge in [0.1, 0.15) is 18.1 Å². The van der Waals surface area contributed by atoms with E-state index in [1.54, 1.807) is 0 Å². The molecule has 0 bridgehead atoms. The molecule has 0 aromatic carbocycles. The number of rotatable bonds is 12. The van der Waals surface area contributed by atoms with E-state index >= 15 is 0 Å². The van der Waals surface area contributed by atoms with Crippen LogP contribution in [0.4, 0.5) is 0 Å². The van der Waals surface area contributed by atoms with Crippen LogP contribution in [0.25, 0.3) is 0 Å². The Kier molecular flexibility index (Phi) is 10.4. The number of hydrogen-bond donors (Lipinski definition) is 8. The molecule has 0 aliphatic carbocycles. The molecule has 0 saturated carbocycles. The van der Waals surface area contributed by atoms with Crippen molar-refractivity contribution < 1.29 is 44.1 Å². The molecule has 0 spiro atoms. The summed E-state index contributed by atoms with van der Waals surface area (Å²) in [5, 5.41) is 32.6. The number of nitrogens with two attached hydrogens (primary N) is 1. The van der Waals surface area contributed by atoms with Crippen molar-refractivity contribution >= 4 is 48.3 Å². The van der Waals surface area contributed by atoms with Crippen LogP contribution in [0.15, 0.2) is 0 Å². The van der Waals surface area contributed by atoms with Gasteiger partial charge in [-0.15, -0.1) is 0 Å². The number of carbonyl (C=O) groups is 6. The normalized spacial score (nSPS) is 13.6. The van der Waals surface area contributed by atoms with E-state index in [-0.39, 0.29) is 5.75 Å². The van der Waals surface area contributed by atoms with Crippen molar-refractivity contribution in [3.63, 3.8) is 0 Å². The van der Waals surface area contributed by atoms with Gasteiger partial charge in [-0.2, -0.15) is 12.6 Å². The predicted octanol–water partition coefficient (Wildman–Crippen LogP) is -3.64. The van der Waals surface area contributed by atoms with Gasteiger partial charge < -0.3 is 37.0 Å². The zero-order valence-corrected chi connectivity index (χ0v) is 14.8. The number of thiol groups is 1. The monoisotopic (exact) mass is 408 g/mol. The molecule has 0 aromatic heterocycles. The van der Waals surface area contributed by atoms with Crippen molar-refractivity contribution in [3.05, 3.63) is 0 Å². The summed E-state index contributed by atoms with van der Waals surface area (Å²) in [6.07, 6.45) is -1.77. The Bertz CT molecular complexity index is 613. The lowest BCUT2D eigenvalue weighted by Gasteiger charge is -2.22. The fourth-order valence-corrected chi connectivity index (χ4v) is 2.00. The highest BCUT2D eigenvalue weighted by molar-refractivity contribution is 7.80. The highest BCUT2D eigenvalue weighted by Gasteiger charge is 2.31. The van der Waals surface area contributed by atoms with E-state index in [1.807, 2.05) is 16.0 Å². The van der Waals surface area contributed by atoms with Crippen LogP contribution in [0.3, 0.4) is 0 Å². The third-order valence-corrected chi connectivity index (χ3v) is 3.39. The minimum atomic E-state index is -1.72. The standard InChI is InChI=1S/C13H20N4O9S/c14-3-8(18)15-5(1-9(19)20)11(23)16-6(2-10(21)22)12(24)17-7(4-27)13(25)26/h5-7,27H,1-4,14H2,(H,15,18)(H,16,23)(H,17,24)(H,19,20)(H,21,22)(H,25,26). The summed E-state index contributed by atoms with van der Waals surface area (Å²) in [5.41, 5.74) is 5.07. The summed E-state index contributed by atoms with van der Waals surface area (Å²) in [6.45, 7) is -0.537. The van der Waals surface area contributed by atoms with Gasteiger partial charge in [0, 0.05) is 5.75 Å². The highest BCUT2D eigenvalue weighted by Crippen LogP contribution is 2.00. The van der Waals surface area contributed by atoms with Gasteiger partial charge in [-0.25, -0.2) is 4.79 Å². The summed E-state index contributed by atoms with van der Waals surface area (Å²) >= 11 is 3.73. The van der Waals surface area contributed by atoms with Crippen LogP contribution in [0.2, 0.25) is 0 Å². The molecule has 0 aliphatic heterocycles. The average Bonchev–Trinajstić information content (AvgIpc) is 2.56. The Hall–Kier alpha value is -2.87. The van der Waals surface area contributed by atoms with Crippen molar-refractivity contribution in [3.8, 4) is 0 Å². The van der Waals surface area contributed by atoms with Crippen LogP contribution < -0.4 is 21.7 Å². The molecule has 3 unspecified atom stereocenters. The van der Waals surface area contributed by atoms with Crippen LogP contribution in [-0.4, -0.2) is 81.4 Å². The lowest BCUT2D eigenvalue weighted by atomic mass is 10.1. The molecule has 0 radical (unpaired) electrons. The minimum absolute atomic E-state index is 0.303. The molecule has 8 N–H and O–H groups in total. The maximum absolute atomic E-state index is 12.2. The highest BCUT2D eigenvalue weighted by atomic mass is 32.1. The maximum Gasteiger partial charge on any atom is 0.327 e. The quantitative estimate of drug-likeness (QED) is 0.148. The predicted molar refractivity (Wildman–Crippen MR) is 90.8 cm³/mol. The summed E-state index contributed by atoms with van der Waals surface area (Å²) in [5.74, 6) is -7.82. The Morgan fingerprint density at radius 3 is 1.52 bits per heavy atom. The molecule has 0 heterocycles. The van der Waals surface area contributed by atoms with E-state index in [9.17, 15) is 28.8 Å². The average molecular weight is 408 g/mol. The van der Waals surface area contributed by atoms with Crippen LogP contribution in [-0.2, 0) is 28.8 Å². The minimum Gasteiger partial charge on any atom is -0.481 e. The van der Waals surface area contributed by atoms with Gasteiger partial charge in [-0.1, -0.05) is 0 Å². The molecule has 13 nitrogen and oxygen atoms in total. The number of amides is 3. The summed E-state index contributed by atoms with van der Waals surface area (Å²) in [4.78, 5) is 68.3. The first-order valence-electron chi connectivity index (χ1n) is 7.39. The first-order chi connectivity index (χ1) is 12.5. The van der Waals surface area contributed by atoms with Gasteiger partial charge in [0.05, 0.1) is 19.4 Å². The Balaban J connectivity index is 5.32. The third-order valence-electron chi connectivity index (χ3n) is 3.02. The molecule has 152 valence electrons. The van der Waals surface area contributed by atoms with Gasteiger partial charge in [-0.05, 0) is 0 Å². The van der Waals surface area contributed by atoms with E-state index in [0.717, 1.165) is 0 Å². The Labute approximate surface area is 158 Å². The van der Waals surface area contributed by atoms with Crippen molar-refractivity contribution in [2.24, 2.45) is 5.73 Å². The summed E-state index contributed by atoms with van der Waals surface area (Å²) < 4.78 is 0. The SMILES string of the molecule is NCC(=O)NC(CC(=O)O)C(=O)NC(CC(=O)O)C(=O)NC(CS)C(=O)O. The van der Waals surface area contributed by atoms with E-state index in [1.165, 1.54) is 0 Å². The molecular formula is C13H20N4O9S. The van der Waals surface area contributed by atoms with E-state index in [4.69, 9.17) is 21.1 Å². The number of aliphatic carboxylic acids is 3. The number of carboxylic acids is 3. The van der Waals surface area contributed by atoms with Gasteiger partial charge in [-0.3, -0.25) is 24.0 Å². The molecule has 14 heteroatoms. The Morgan fingerprint density at radius 2 is 1.19 bits per heavy atom. The van der Waals surface area contributed by atoms with E-state index in [0.29, 0.717) is 0 Å². The zero-order chi connectivity index (χ0) is 21.1. The fourth-order valence-electron chi connectivity index (χ4n) is 1.75. The van der Waals surface area contributed by atoms with E-state index < -0.39 is 73.1 Å². The Morgan fingerprint density at radius 1 is 0.778 bits per heavy atom. The first-order valence-corrected chi connectivity index (χ1v) is 8.02. The van der Waals surface area contributed by atoms with Crippen LogP contribution in [0.5, 0.6) is 0 Å². The number of nitrogens with one attached hydrogen (secondary N) is 3. The van der Waals surface area contributed by atoms with Gasteiger partial charge in [0.25, 0.3) is 0 Å². The van der Waals surface area contributed by atoms with Gasteiger partial charge in [0.2, 0.25) is 17.7 Å². The summed E-state index contributed by atoms with van der Waals surface area (Å²) in [6, 6.07) is -4.79. The van der Waals surface area contributed by atoms with E-state index in [2.05, 4.69) is 12.6 Å². The lowest BCUT2D eigenvalue weighted by molar-refractivity contribution is -0.144. The van der Waals surface area contributed by atoms with Crippen LogP contribution in [0, 0.1) is 0 Å². The van der Waals surface area contributed by atoms with Gasteiger partial charge >= 0.3 is 17.9 Å². The molecular weight excluding hydrogens is 388 g/mol. The molecule has 3 atom stereocenters. The van der Waals surface area contributed by atoms with Crippen LogP contribution >= 0.6 is 12.6 Å². The summed E-state index contributed by atoms with van der Waals surface area (Å²) in [7, 11) is 0. The van der Waals surface area contributed by atoms with Crippen molar-refractivity contribution in [2.45, 2.75) is 31.0 Å². The second-order valence-electron chi connectivity index (χ2n) is 5.16. The number of carbonyl (C=O) groups excluding carboxylic acids is 3. The fraction of sp³-hybridized carbons (Fsp3) is 0.538. The second kappa shape index (κ2) is 11.7. The largest absolute Gasteiger partial charge is 0.481 e. The zero-order valence-electron chi connectivity index (χ0n) is 13.9. The molecule has 3 amide bonds. The number of hydrogen-bond acceptors (Lipinski definition) is 8. The maximum atomic E-state index is 12.2. The first kappa shape index (κ1) is 24.1. The topological polar surface area (TPSA) is 225 Å². The van der Waals surface area contributed by atoms with Crippen molar-refractivity contribution in [1.82, 2.24) is 16.0 Å². The smallest absolute Gasteiger partial charge is 0.327 e. The number of carboxylic acid groups (broad SMARTS) is 3. The molecule has 0 saturated heterocycles. The molecule has 0 aromatic rings. The molecule has 0 aliphatic rings. The second-order valence-corrected chi connectivity index (χ2v) is 5.53. The molecule has 27 heavy (non-hydrogen) atoms. The van der Waals surface area contributed by atoms with Gasteiger partial charge in [0.15, 0.2) is 0 Å². The van der Waals surface area contributed by atoms with Crippen LogP contribution in [0.1, 0.15) is 12.8 Å². The lowest BCUT2D eigenvalue weighted by Crippen LogP contribution is -2.57. The molecule has 0 rings (SSSR count).